The maximum Gasteiger partial charge on any atom is 0.246 e. The molecule has 28 heavy (non-hydrogen) atoms. The molecule has 5 rings (SSSR count). The van der Waals surface area contributed by atoms with Crippen LogP contribution in [0, 0.1) is 0 Å². The Morgan fingerprint density at radius 1 is 1.14 bits per heavy atom. The molecule has 0 radical (unpaired) electrons. The molecule has 0 spiro atoms. The van der Waals surface area contributed by atoms with E-state index in [1.165, 1.54) is 5.56 Å². The zero-order chi connectivity index (χ0) is 18.9. The molecule has 7 heteroatoms. The molecular weight excluding hydrogens is 354 g/mol. The summed E-state index contributed by atoms with van der Waals surface area (Å²) < 4.78 is 13.3. The minimum atomic E-state index is -0.0659. The summed E-state index contributed by atoms with van der Waals surface area (Å²) in [4.78, 5) is 9.01. The van der Waals surface area contributed by atoms with E-state index in [-0.39, 0.29) is 12.1 Å². The van der Waals surface area contributed by atoms with Crippen LogP contribution >= 0.6 is 0 Å². The third kappa shape index (κ3) is 3.19. The predicted molar refractivity (Wildman–Crippen MR) is 105 cm³/mol. The number of nitrogens with zero attached hydrogens (tertiary/aromatic N) is 4. The van der Waals surface area contributed by atoms with Crippen molar-refractivity contribution in [1.82, 2.24) is 25.0 Å². The second-order valence-corrected chi connectivity index (χ2v) is 7.02. The second kappa shape index (κ2) is 7.18. The maximum atomic E-state index is 5.66. The molecule has 1 fully saturated rings. The lowest BCUT2D eigenvalue weighted by molar-refractivity contribution is -0.00136. The Kier molecular flexibility index (Phi) is 4.38. The lowest BCUT2D eigenvalue weighted by Gasteiger charge is -2.27. The zero-order valence-electron chi connectivity index (χ0n) is 15.6. The summed E-state index contributed by atoms with van der Waals surface area (Å²) in [7, 11) is 0. The standard InChI is InChI=1S/C21H21N5O2/c1-14-19(22-10-11-27-14)21-24-20(25-28-21)16-8-6-15(7-9-16)12-26-13-23-17-4-2-3-5-18(17)26/h2-9,13-14,19,22H,10-12H2,1H3/t14-,19+/m1/s1. The van der Waals surface area contributed by atoms with Gasteiger partial charge < -0.3 is 19.1 Å². The third-order valence-corrected chi connectivity index (χ3v) is 5.12. The summed E-state index contributed by atoms with van der Waals surface area (Å²) in [5.74, 6) is 1.16. The topological polar surface area (TPSA) is 78.0 Å². The highest BCUT2D eigenvalue weighted by atomic mass is 16.5. The van der Waals surface area contributed by atoms with Crippen molar-refractivity contribution in [2.45, 2.75) is 25.6 Å². The Labute approximate surface area is 162 Å². The molecule has 1 aliphatic heterocycles. The number of hydrogen-bond acceptors (Lipinski definition) is 6. The van der Waals surface area contributed by atoms with Crippen molar-refractivity contribution in [3.63, 3.8) is 0 Å². The van der Waals surface area contributed by atoms with Crippen molar-refractivity contribution in [3.05, 3.63) is 66.3 Å². The van der Waals surface area contributed by atoms with E-state index in [4.69, 9.17) is 9.26 Å². The van der Waals surface area contributed by atoms with E-state index in [9.17, 15) is 0 Å². The predicted octanol–water partition coefficient (Wildman–Crippen LogP) is 3.18. The molecular formula is C21H21N5O2. The van der Waals surface area contributed by atoms with Crippen LogP contribution in [0.5, 0.6) is 0 Å². The molecule has 2 aromatic heterocycles. The first-order valence-electron chi connectivity index (χ1n) is 9.46. The van der Waals surface area contributed by atoms with Crippen LogP contribution in [0.15, 0.2) is 59.4 Å². The second-order valence-electron chi connectivity index (χ2n) is 7.02. The average molecular weight is 375 g/mol. The van der Waals surface area contributed by atoms with E-state index in [1.54, 1.807) is 0 Å². The van der Waals surface area contributed by atoms with Crippen LogP contribution in [-0.2, 0) is 11.3 Å². The Bertz CT molecular complexity index is 1090. The van der Waals surface area contributed by atoms with Gasteiger partial charge in [-0.15, -0.1) is 0 Å². The largest absolute Gasteiger partial charge is 0.375 e. The van der Waals surface area contributed by atoms with Crippen molar-refractivity contribution in [2.24, 2.45) is 0 Å². The van der Waals surface area contributed by atoms with Gasteiger partial charge in [-0.3, -0.25) is 0 Å². The normalized spacial score (nSPS) is 19.9. The van der Waals surface area contributed by atoms with Crippen LogP contribution in [0.2, 0.25) is 0 Å². The number of nitrogens with one attached hydrogen (secondary N) is 1. The molecule has 0 saturated carbocycles. The highest BCUT2D eigenvalue weighted by Gasteiger charge is 2.28. The Balaban J connectivity index is 1.34. The molecule has 0 amide bonds. The summed E-state index contributed by atoms with van der Waals surface area (Å²) in [5, 5.41) is 7.51. The fraction of sp³-hybridized carbons (Fsp3) is 0.286. The minimum absolute atomic E-state index is 0.00873. The molecule has 142 valence electrons. The van der Waals surface area contributed by atoms with Crippen LogP contribution in [-0.4, -0.2) is 38.9 Å². The molecule has 2 atom stereocenters. The number of benzene rings is 2. The molecule has 1 saturated heterocycles. The Morgan fingerprint density at radius 3 is 2.86 bits per heavy atom. The number of ether oxygens (including phenoxy) is 1. The van der Waals surface area contributed by atoms with Gasteiger partial charge in [-0.05, 0) is 24.6 Å². The van der Waals surface area contributed by atoms with E-state index >= 15 is 0 Å². The smallest absolute Gasteiger partial charge is 0.246 e. The van der Waals surface area contributed by atoms with Gasteiger partial charge in [0.05, 0.1) is 30.1 Å². The molecule has 1 N–H and O–H groups in total. The molecule has 0 unspecified atom stereocenters. The fourth-order valence-corrected chi connectivity index (χ4v) is 3.58. The van der Waals surface area contributed by atoms with Crippen LogP contribution < -0.4 is 5.32 Å². The van der Waals surface area contributed by atoms with Gasteiger partial charge in [0.15, 0.2) is 0 Å². The van der Waals surface area contributed by atoms with Crippen molar-refractivity contribution in [3.8, 4) is 11.4 Å². The van der Waals surface area contributed by atoms with Gasteiger partial charge in [0.1, 0.15) is 6.04 Å². The first-order valence-corrected chi connectivity index (χ1v) is 9.46. The number of para-hydroxylation sites is 2. The van der Waals surface area contributed by atoms with Crippen LogP contribution in [0.25, 0.3) is 22.4 Å². The van der Waals surface area contributed by atoms with Crippen molar-refractivity contribution >= 4 is 11.0 Å². The lowest BCUT2D eigenvalue weighted by Crippen LogP contribution is -2.40. The van der Waals surface area contributed by atoms with Crippen LogP contribution in [0.1, 0.15) is 24.4 Å². The first kappa shape index (κ1) is 17.1. The van der Waals surface area contributed by atoms with Crippen LogP contribution in [0.4, 0.5) is 0 Å². The van der Waals surface area contributed by atoms with Crippen LogP contribution in [0.3, 0.4) is 0 Å². The monoisotopic (exact) mass is 375 g/mol. The molecule has 0 bridgehead atoms. The minimum Gasteiger partial charge on any atom is -0.375 e. The van der Waals surface area contributed by atoms with Crippen molar-refractivity contribution < 1.29 is 9.26 Å². The number of morpholine rings is 1. The highest BCUT2D eigenvalue weighted by molar-refractivity contribution is 5.75. The zero-order valence-corrected chi connectivity index (χ0v) is 15.6. The summed E-state index contributed by atoms with van der Waals surface area (Å²) >= 11 is 0. The number of aromatic nitrogens is 4. The van der Waals surface area contributed by atoms with Gasteiger partial charge in [-0.25, -0.2) is 4.98 Å². The quantitative estimate of drug-likeness (QED) is 0.590. The van der Waals surface area contributed by atoms with Gasteiger partial charge in [0, 0.05) is 18.7 Å². The van der Waals surface area contributed by atoms with E-state index in [0.717, 1.165) is 29.7 Å². The number of fused-ring (bicyclic) bond motifs is 1. The fourth-order valence-electron chi connectivity index (χ4n) is 3.58. The van der Waals surface area contributed by atoms with Gasteiger partial charge in [-0.1, -0.05) is 41.6 Å². The molecule has 4 aromatic rings. The summed E-state index contributed by atoms with van der Waals surface area (Å²) in [6, 6.07) is 16.3. The van der Waals surface area contributed by atoms with Crippen molar-refractivity contribution in [2.75, 3.05) is 13.2 Å². The third-order valence-electron chi connectivity index (χ3n) is 5.12. The summed E-state index contributed by atoms with van der Waals surface area (Å²) in [6.45, 7) is 4.26. The van der Waals surface area contributed by atoms with Gasteiger partial charge >= 0.3 is 0 Å². The lowest BCUT2D eigenvalue weighted by atomic mass is 10.1. The summed E-state index contributed by atoms with van der Waals surface area (Å²) in [5.41, 5.74) is 4.25. The average Bonchev–Trinajstić information content (AvgIpc) is 3.37. The highest BCUT2D eigenvalue weighted by Crippen LogP contribution is 2.24. The van der Waals surface area contributed by atoms with Crippen molar-refractivity contribution in [1.29, 1.82) is 0 Å². The molecule has 1 aliphatic rings. The molecule has 3 heterocycles. The number of imidazole rings is 1. The molecule has 2 aromatic carbocycles. The SMILES string of the molecule is C[C@H]1OCCN[C@@H]1c1nc(-c2ccc(Cn3cnc4ccccc43)cc2)no1. The maximum absolute atomic E-state index is 5.66. The Morgan fingerprint density at radius 2 is 2.00 bits per heavy atom. The van der Waals surface area contributed by atoms with Gasteiger partial charge in [0.2, 0.25) is 11.7 Å². The van der Waals surface area contributed by atoms with E-state index < -0.39 is 0 Å². The summed E-state index contributed by atoms with van der Waals surface area (Å²) in [6.07, 6.45) is 1.89. The van der Waals surface area contributed by atoms with Gasteiger partial charge in [0.25, 0.3) is 0 Å². The molecule has 0 aliphatic carbocycles. The van der Waals surface area contributed by atoms with E-state index in [0.29, 0.717) is 18.3 Å². The number of hydrogen-bond donors (Lipinski definition) is 1. The Hall–Kier alpha value is -3.03. The number of rotatable bonds is 4. The first-order chi connectivity index (χ1) is 13.8. The van der Waals surface area contributed by atoms with Gasteiger partial charge in [-0.2, -0.15) is 4.98 Å². The van der Waals surface area contributed by atoms with E-state index in [1.807, 2.05) is 43.6 Å². The van der Waals surface area contributed by atoms with E-state index in [2.05, 4.69) is 43.2 Å². The molecule has 7 nitrogen and oxygen atoms in total.